The number of fused-ring (bicyclic) bond motifs is 1. The number of ether oxygens (including phenoxy) is 2. The fourth-order valence-corrected chi connectivity index (χ4v) is 2.17. The highest BCUT2D eigenvalue weighted by Crippen LogP contribution is 2.23. The van der Waals surface area contributed by atoms with Crippen molar-refractivity contribution in [1.82, 2.24) is 4.98 Å². The monoisotopic (exact) mass is 295 g/mol. The number of aromatic nitrogens is 1. The summed E-state index contributed by atoms with van der Waals surface area (Å²) in [5.41, 5.74) is 0.638. The van der Waals surface area contributed by atoms with E-state index >= 15 is 0 Å². The first-order valence-electron chi connectivity index (χ1n) is 6.65. The van der Waals surface area contributed by atoms with Gasteiger partial charge in [-0.3, -0.25) is 4.79 Å². The molecule has 0 aliphatic carbocycles. The molecule has 1 heterocycles. The van der Waals surface area contributed by atoms with Gasteiger partial charge >= 0.3 is 5.97 Å². The van der Waals surface area contributed by atoms with Crippen LogP contribution in [0.25, 0.3) is 10.9 Å². The van der Waals surface area contributed by atoms with Crippen LogP contribution in [0.3, 0.4) is 0 Å². The van der Waals surface area contributed by atoms with Gasteiger partial charge in [-0.05, 0) is 30.3 Å². The second kappa shape index (κ2) is 5.73. The normalized spacial score (nSPS) is 10.4. The van der Waals surface area contributed by atoms with Crippen LogP contribution in [-0.2, 0) is 0 Å². The Bertz CT molecular complexity index is 898. The van der Waals surface area contributed by atoms with E-state index in [1.54, 1.807) is 42.5 Å². The van der Waals surface area contributed by atoms with E-state index in [4.69, 9.17) is 9.47 Å². The van der Waals surface area contributed by atoms with Crippen molar-refractivity contribution in [3.63, 3.8) is 0 Å². The van der Waals surface area contributed by atoms with Gasteiger partial charge in [-0.25, -0.2) is 4.79 Å². The molecule has 0 saturated heterocycles. The molecule has 0 saturated carbocycles. The average molecular weight is 295 g/mol. The van der Waals surface area contributed by atoms with E-state index in [1.165, 1.54) is 13.2 Å². The van der Waals surface area contributed by atoms with Gasteiger partial charge in [0.25, 0.3) is 5.56 Å². The van der Waals surface area contributed by atoms with Crippen LogP contribution in [0.2, 0.25) is 0 Å². The Labute approximate surface area is 126 Å². The summed E-state index contributed by atoms with van der Waals surface area (Å²) in [6.07, 6.45) is 0. The smallest absolute Gasteiger partial charge is 0.343 e. The molecule has 2 aromatic carbocycles. The Hall–Kier alpha value is -3.08. The summed E-state index contributed by atoms with van der Waals surface area (Å²) in [5.74, 6) is 0.243. The van der Waals surface area contributed by atoms with Crippen molar-refractivity contribution < 1.29 is 14.3 Å². The number of aromatic amines is 1. The summed E-state index contributed by atoms with van der Waals surface area (Å²) < 4.78 is 10.5. The van der Waals surface area contributed by atoms with Crippen molar-refractivity contribution in [2.75, 3.05) is 7.11 Å². The molecule has 1 aromatic heterocycles. The van der Waals surface area contributed by atoms with Gasteiger partial charge in [0.1, 0.15) is 11.5 Å². The van der Waals surface area contributed by atoms with Crippen molar-refractivity contribution >= 4 is 16.9 Å². The first-order valence-corrected chi connectivity index (χ1v) is 6.65. The predicted octanol–water partition coefficient (Wildman–Crippen LogP) is 2.76. The van der Waals surface area contributed by atoms with Gasteiger partial charge in [-0.15, -0.1) is 0 Å². The third kappa shape index (κ3) is 2.69. The summed E-state index contributed by atoms with van der Waals surface area (Å²) >= 11 is 0. The Morgan fingerprint density at radius 1 is 1.05 bits per heavy atom. The number of carbonyl (C=O) groups excluding carboxylic acids is 1. The predicted molar refractivity (Wildman–Crippen MR) is 82.5 cm³/mol. The molecule has 0 bridgehead atoms. The maximum atomic E-state index is 12.2. The number of hydrogen-bond acceptors (Lipinski definition) is 4. The number of rotatable bonds is 3. The zero-order chi connectivity index (χ0) is 15.5. The minimum Gasteiger partial charge on any atom is -0.497 e. The molecule has 5 nitrogen and oxygen atoms in total. The lowest BCUT2D eigenvalue weighted by Gasteiger charge is -2.08. The Morgan fingerprint density at radius 2 is 1.86 bits per heavy atom. The number of H-pyrrole nitrogens is 1. The van der Waals surface area contributed by atoms with Crippen LogP contribution in [0, 0.1) is 0 Å². The maximum absolute atomic E-state index is 12.2. The van der Waals surface area contributed by atoms with Gasteiger partial charge in [0, 0.05) is 11.5 Å². The lowest BCUT2D eigenvalue weighted by molar-refractivity contribution is 0.0736. The van der Waals surface area contributed by atoms with Crippen LogP contribution < -0.4 is 15.0 Å². The molecule has 3 aromatic rings. The van der Waals surface area contributed by atoms with Crippen LogP contribution >= 0.6 is 0 Å². The number of carbonyl (C=O) groups is 1. The van der Waals surface area contributed by atoms with Crippen molar-refractivity contribution in [3.05, 3.63) is 70.5 Å². The molecule has 0 aliphatic heterocycles. The van der Waals surface area contributed by atoms with E-state index in [-0.39, 0.29) is 11.3 Å². The van der Waals surface area contributed by atoms with Crippen LogP contribution in [0.1, 0.15) is 10.4 Å². The molecule has 0 spiro atoms. The zero-order valence-corrected chi connectivity index (χ0v) is 11.8. The number of para-hydroxylation sites is 1. The first-order chi connectivity index (χ1) is 10.7. The number of nitrogens with one attached hydrogen (secondary N) is 1. The average Bonchev–Trinajstić information content (AvgIpc) is 2.54. The molecule has 0 amide bonds. The molecule has 0 aliphatic rings. The molecule has 22 heavy (non-hydrogen) atoms. The lowest BCUT2D eigenvalue weighted by atomic mass is 10.2. The Morgan fingerprint density at radius 3 is 2.68 bits per heavy atom. The third-order valence-corrected chi connectivity index (χ3v) is 3.22. The summed E-state index contributed by atoms with van der Waals surface area (Å²) in [4.78, 5) is 26.6. The fourth-order valence-electron chi connectivity index (χ4n) is 2.17. The highest BCUT2D eigenvalue weighted by molar-refractivity contribution is 5.94. The molecular formula is C17H13NO4. The Kier molecular flexibility index (Phi) is 3.62. The number of hydrogen-bond donors (Lipinski definition) is 1. The molecule has 0 atom stereocenters. The van der Waals surface area contributed by atoms with E-state index < -0.39 is 5.97 Å². The summed E-state index contributed by atoms with van der Waals surface area (Å²) in [6.45, 7) is 0. The quantitative estimate of drug-likeness (QED) is 0.754. The molecule has 110 valence electrons. The second-order valence-electron chi connectivity index (χ2n) is 4.66. The highest BCUT2D eigenvalue weighted by atomic mass is 16.5. The molecule has 5 heteroatoms. The van der Waals surface area contributed by atoms with Crippen LogP contribution in [0.15, 0.2) is 59.4 Å². The van der Waals surface area contributed by atoms with Gasteiger partial charge in [-0.1, -0.05) is 18.2 Å². The summed E-state index contributed by atoms with van der Waals surface area (Å²) in [5, 5.41) is 0.665. The molecule has 3 rings (SSSR count). The van der Waals surface area contributed by atoms with Gasteiger partial charge in [0.2, 0.25) is 0 Å². The number of benzene rings is 2. The second-order valence-corrected chi connectivity index (χ2v) is 4.66. The SMILES string of the molecule is COc1cccc(C(=O)Oc2cc(=O)[nH]c3ccccc23)c1. The standard InChI is InChI=1S/C17H13NO4/c1-21-12-6-4-5-11(9-12)17(20)22-15-10-16(19)18-14-8-3-2-7-13(14)15/h2-10H,1H3,(H,18,19). The summed E-state index contributed by atoms with van der Waals surface area (Å²) in [6, 6.07) is 15.0. The van der Waals surface area contributed by atoms with Crippen molar-refractivity contribution in [2.24, 2.45) is 0 Å². The van der Waals surface area contributed by atoms with Gasteiger partial charge < -0.3 is 14.5 Å². The summed E-state index contributed by atoms with van der Waals surface area (Å²) in [7, 11) is 1.52. The van der Waals surface area contributed by atoms with E-state index in [9.17, 15) is 9.59 Å². The van der Waals surface area contributed by atoms with Crippen LogP contribution in [-0.4, -0.2) is 18.1 Å². The molecule has 0 radical (unpaired) electrons. The van der Waals surface area contributed by atoms with Crippen LogP contribution in [0.5, 0.6) is 11.5 Å². The van der Waals surface area contributed by atoms with Crippen molar-refractivity contribution in [2.45, 2.75) is 0 Å². The minimum atomic E-state index is -0.547. The third-order valence-electron chi connectivity index (χ3n) is 3.22. The molecular weight excluding hydrogens is 282 g/mol. The Balaban J connectivity index is 1.99. The maximum Gasteiger partial charge on any atom is 0.343 e. The van der Waals surface area contributed by atoms with E-state index in [0.717, 1.165) is 0 Å². The van der Waals surface area contributed by atoms with Gasteiger partial charge in [0.05, 0.1) is 18.2 Å². The molecule has 0 unspecified atom stereocenters. The molecule has 1 N–H and O–H groups in total. The van der Waals surface area contributed by atoms with Crippen molar-refractivity contribution in [3.8, 4) is 11.5 Å². The van der Waals surface area contributed by atoms with Gasteiger partial charge in [-0.2, -0.15) is 0 Å². The number of esters is 1. The fraction of sp³-hybridized carbons (Fsp3) is 0.0588. The zero-order valence-electron chi connectivity index (χ0n) is 11.8. The highest BCUT2D eigenvalue weighted by Gasteiger charge is 2.12. The van der Waals surface area contributed by atoms with Crippen molar-refractivity contribution in [1.29, 1.82) is 0 Å². The van der Waals surface area contributed by atoms with E-state index in [2.05, 4.69) is 4.98 Å². The minimum absolute atomic E-state index is 0.229. The topological polar surface area (TPSA) is 68.4 Å². The van der Waals surface area contributed by atoms with Gasteiger partial charge in [0.15, 0.2) is 0 Å². The lowest BCUT2D eigenvalue weighted by Crippen LogP contribution is -2.12. The number of methoxy groups -OCH3 is 1. The van der Waals surface area contributed by atoms with E-state index in [1.807, 2.05) is 6.07 Å². The van der Waals surface area contributed by atoms with E-state index in [0.29, 0.717) is 22.2 Å². The largest absolute Gasteiger partial charge is 0.497 e. The molecule has 0 fully saturated rings. The first kappa shape index (κ1) is 13.9. The van der Waals surface area contributed by atoms with Crippen LogP contribution in [0.4, 0.5) is 0 Å². The number of pyridine rings is 1.